The van der Waals surface area contributed by atoms with Gasteiger partial charge < -0.3 is 4.48 Å². The molecule has 0 saturated heterocycles. The molecule has 0 aromatic rings. The van der Waals surface area contributed by atoms with Crippen molar-refractivity contribution in [2.45, 2.75) is 101 Å². The van der Waals surface area contributed by atoms with Crippen LogP contribution in [0.25, 0.3) is 0 Å². The van der Waals surface area contributed by atoms with Gasteiger partial charge in [0.25, 0.3) is 0 Å². The van der Waals surface area contributed by atoms with Crippen LogP contribution in [0.2, 0.25) is 0 Å². The number of hydrogen-bond donors (Lipinski definition) is 0. The molecule has 0 saturated carbocycles. The van der Waals surface area contributed by atoms with Crippen LogP contribution in [0.1, 0.15) is 85.5 Å². The number of halogens is 6. The summed E-state index contributed by atoms with van der Waals surface area (Å²) in [5.74, 6) is 0. The van der Waals surface area contributed by atoms with Crippen molar-refractivity contribution >= 4 is 19.7 Å². The van der Waals surface area contributed by atoms with Crippen LogP contribution in [-0.4, -0.2) is 88.8 Å². The Morgan fingerprint density at radius 2 is 0.946 bits per heavy atom. The number of alkyl halides is 6. The lowest BCUT2D eigenvalue weighted by molar-refractivity contribution is -0.912. The van der Waals surface area contributed by atoms with Crippen LogP contribution in [0.4, 0.5) is 26.3 Å². The predicted molar refractivity (Wildman–Crippen MR) is 136 cm³/mol. The highest BCUT2D eigenvalue weighted by molar-refractivity contribution is 8.10. The molecule has 0 spiro atoms. The van der Waals surface area contributed by atoms with Crippen LogP contribution >= 0.6 is 0 Å². The van der Waals surface area contributed by atoms with Crippen LogP contribution in [0, 0.1) is 0 Å². The van der Waals surface area contributed by atoms with Crippen LogP contribution in [0.15, 0.2) is 0 Å². The lowest BCUT2D eigenvalue weighted by atomic mass is 10.1. The maximum Gasteiger partial charge on any atom is 0.504 e. The minimum absolute atomic E-state index is 0.0322. The van der Waals surface area contributed by atoms with Crippen LogP contribution in [-0.2, 0) is 19.7 Å². The second-order valence-electron chi connectivity index (χ2n) is 10.5. The van der Waals surface area contributed by atoms with Gasteiger partial charge in [0.15, 0.2) is 0 Å². The first kappa shape index (κ1) is 38.5. The smallest absolute Gasteiger partial charge is 0.329 e. The molecule has 0 atom stereocenters. The Balaban J connectivity index is 0. The lowest BCUT2D eigenvalue weighted by Crippen LogP contribution is -2.71. The Hall–Kier alpha value is -0.600. The first-order valence-electron chi connectivity index (χ1n) is 12.8. The molecule has 0 heterocycles. The first-order valence-corrected chi connectivity index (χ1v) is 15.7. The molecule has 0 amide bonds. The summed E-state index contributed by atoms with van der Waals surface area (Å²) in [6, 6.07) is 0. The van der Waals surface area contributed by atoms with E-state index in [2.05, 4.69) is 27.9 Å². The van der Waals surface area contributed by atoms with E-state index < -0.39 is 52.3 Å². The lowest BCUT2D eigenvalue weighted by Gasteiger charge is -2.46. The highest BCUT2D eigenvalue weighted by Crippen LogP contribution is 2.49. The van der Waals surface area contributed by atoms with Crippen molar-refractivity contribution in [1.29, 1.82) is 0 Å². The Bertz CT molecular complexity index is 825. The molecule has 0 fully saturated rings. The monoisotopic (exact) mass is 594 g/mol. The number of sulfone groups is 2. The Morgan fingerprint density at radius 1 is 0.568 bits per heavy atom. The van der Waals surface area contributed by atoms with Gasteiger partial charge in [0.2, 0.25) is 0 Å². The third kappa shape index (κ3) is 9.52. The largest absolute Gasteiger partial charge is 0.504 e. The summed E-state index contributed by atoms with van der Waals surface area (Å²) in [5, 5.41) is 0. The quantitative estimate of drug-likeness (QED) is 0.128. The summed E-state index contributed by atoms with van der Waals surface area (Å²) in [7, 11) is -7.31. The molecule has 0 N–H and O–H groups in total. The second-order valence-corrected chi connectivity index (χ2v) is 15.0. The standard InChI is InChI=1S/C13H30N.C10H18F6NO4S2/c1-5-7-8-9-10-11-12-13-14(3,4)6-2;1-5-7-17(3,4)8(6-2,22(18,19)9(11,12)13)23(20,21)10(14,15)16/h5-13H2,1-4H3;5-7H2,1-4H3/q2*+1. The summed E-state index contributed by atoms with van der Waals surface area (Å²) in [6.45, 7) is 8.68. The molecule has 226 valence electrons. The zero-order chi connectivity index (χ0) is 30.0. The fourth-order valence-corrected chi connectivity index (χ4v) is 9.04. The van der Waals surface area contributed by atoms with Gasteiger partial charge in [-0.3, -0.25) is 4.48 Å². The van der Waals surface area contributed by atoms with E-state index in [1.165, 1.54) is 69.4 Å². The van der Waals surface area contributed by atoms with Crippen LogP contribution in [0.5, 0.6) is 0 Å². The average molecular weight is 595 g/mol. The molecule has 0 aliphatic rings. The summed E-state index contributed by atoms with van der Waals surface area (Å²) in [5.41, 5.74) is -12.3. The molecule has 0 aliphatic carbocycles. The third-order valence-corrected chi connectivity index (χ3v) is 12.6. The molecule has 0 aliphatic heterocycles. The van der Waals surface area contributed by atoms with Gasteiger partial charge in [-0.25, -0.2) is 16.8 Å². The Labute approximate surface area is 220 Å². The van der Waals surface area contributed by atoms with Gasteiger partial charge in [-0.2, -0.15) is 26.3 Å². The molecule has 0 rings (SSSR count). The van der Waals surface area contributed by atoms with Gasteiger partial charge in [-0.05, 0) is 26.2 Å². The van der Waals surface area contributed by atoms with E-state index in [0.29, 0.717) is 6.92 Å². The van der Waals surface area contributed by atoms with Gasteiger partial charge in [-0.1, -0.05) is 52.9 Å². The highest BCUT2D eigenvalue weighted by Gasteiger charge is 2.79. The molecule has 0 aromatic heterocycles. The van der Waals surface area contributed by atoms with Gasteiger partial charge in [0, 0.05) is 6.42 Å². The number of unbranched alkanes of at least 4 members (excludes halogenated alkanes) is 6. The van der Waals surface area contributed by atoms with Crippen molar-refractivity contribution in [2.24, 2.45) is 0 Å². The summed E-state index contributed by atoms with van der Waals surface area (Å²) in [4.78, 5) is 0. The summed E-state index contributed by atoms with van der Waals surface area (Å²) >= 11 is 0. The van der Waals surface area contributed by atoms with E-state index in [1.54, 1.807) is 0 Å². The van der Waals surface area contributed by atoms with Gasteiger partial charge >= 0.3 is 34.9 Å². The molecule has 0 unspecified atom stereocenters. The summed E-state index contributed by atoms with van der Waals surface area (Å²) in [6.07, 6.45) is 8.54. The maximum atomic E-state index is 13.0. The van der Waals surface area contributed by atoms with E-state index in [4.69, 9.17) is 0 Å². The molecule has 14 heteroatoms. The van der Waals surface area contributed by atoms with Crippen molar-refractivity contribution < 1.29 is 52.1 Å². The topological polar surface area (TPSA) is 68.3 Å². The third-order valence-electron chi connectivity index (χ3n) is 6.82. The molecule has 37 heavy (non-hydrogen) atoms. The molecule has 0 aromatic carbocycles. The minimum atomic E-state index is -6.71. The average Bonchev–Trinajstić information content (AvgIpc) is 2.72. The van der Waals surface area contributed by atoms with Gasteiger partial charge in [0.05, 0.1) is 47.8 Å². The Morgan fingerprint density at radius 3 is 1.24 bits per heavy atom. The molecule has 0 bridgehead atoms. The number of nitrogens with zero attached hydrogens (tertiary/aromatic N) is 2. The summed E-state index contributed by atoms with van der Waals surface area (Å²) < 4.78 is 121. The van der Waals surface area contributed by atoms with E-state index >= 15 is 0 Å². The van der Waals surface area contributed by atoms with Gasteiger partial charge in [-0.15, -0.1) is 0 Å². The molecule has 6 nitrogen and oxygen atoms in total. The van der Waals surface area contributed by atoms with Gasteiger partial charge in [0.1, 0.15) is 0 Å². The maximum absolute atomic E-state index is 13.0. The van der Waals surface area contributed by atoms with E-state index in [9.17, 15) is 43.2 Å². The second kappa shape index (κ2) is 14.7. The fraction of sp³-hybridized carbons (Fsp3) is 1.00. The zero-order valence-corrected chi connectivity index (χ0v) is 25.2. The normalized spacial score (nSPS) is 14.3. The zero-order valence-electron chi connectivity index (χ0n) is 23.6. The number of rotatable bonds is 15. The number of quaternary nitrogens is 2. The van der Waals surface area contributed by atoms with E-state index in [1.807, 2.05) is 0 Å². The molecular weight excluding hydrogens is 546 g/mol. The van der Waals surface area contributed by atoms with E-state index in [0.717, 1.165) is 14.1 Å². The van der Waals surface area contributed by atoms with Crippen LogP contribution < -0.4 is 0 Å². The SMILES string of the molecule is CCCCCCCCC[N+](C)(C)CC.CCC[N+](C)(C)C(CC)(S(=O)(=O)C(F)(F)F)S(=O)(=O)C(F)(F)F. The minimum Gasteiger partial charge on any atom is -0.329 e. The van der Waals surface area contributed by atoms with Crippen LogP contribution in [0.3, 0.4) is 0 Å². The molecule has 0 radical (unpaired) electrons. The van der Waals surface area contributed by atoms with Crippen molar-refractivity contribution in [3.8, 4) is 0 Å². The van der Waals surface area contributed by atoms with Crippen molar-refractivity contribution in [3.63, 3.8) is 0 Å². The van der Waals surface area contributed by atoms with Crippen molar-refractivity contribution in [3.05, 3.63) is 0 Å². The first-order chi connectivity index (χ1) is 16.5. The Kier molecular flexibility index (Phi) is 15.3. The van der Waals surface area contributed by atoms with Crippen molar-refractivity contribution in [2.75, 3.05) is 47.8 Å². The van der Waals surface area contributed by atoms with Crippen molar-refractivity contribution in [1.82, 2.24) is 0 Å². The predicted octanol–water partition coefficient (Wildman–Crippen LogP) is 6.24. The highest BCUT2D eigenvalue weighted by atomic mass is 32.3. The number of hydrogen-bond acceptors (Lipinski definition) is 4. The fourth-order valence-electron chi connectivity index (χ4n) is 4.35. The van der Waals surface area contributed by atoms with E-state index in [-0.39, 0.29) is 6.42 Å². The molecular formula is C23H48F6N2O4S2+2.